The molecule has 0 spiro atoms. The summed E-state index contributed by atoms with van der Waals surface area (Å²) in [6.45, 7) is 0.134. The summed E-state index contributed by atoms with van der Waals surface area (Å²) < 4.78 is 0. The van der Waals surface area contributed by atoms with Crippen LogP contribution in [0.2, 0.25) is 0 Å². The van der Waals surface area contributed by atoms with Gasteiger partial charge < -0.3 is 5.32 Å². The molecule has 1 saturated carbocycles. The number of hydrogen-bond acceptors (Lipinski definition) is 6. The lowest BCUT2D eigenvalue weighted by molar-refractivity contribution is -0.140. The van der Waals surface area contributed by atoms with Crippen LogP contribution in [0.4, 0.5) is 5.13 Å². The molecular formula is C19H20N4O3S. The van der Waals surface area contributed by atoms with Crippen LogP contribution in [0.5, 0.6) is 0 Å². The van der Waals surface area contributed by atoms with Crippen LogP contribution in [0.25, 0.3) is 11.4 Å². The van der Waals surface area contributed by atoms with E-state index in [9.17, 15) is 14.4 Å². The molecule has 7 nitrogen and oxygen atoms in total. The Labute approximate surface area is 160 Å². The zero-order valence-corrected chi connectivity index (χ0v) is 15.6. The molecule has 1 aliphatic carbocycles. The average molecular weight is 384 g/mol. The Balaban J connectivity index is 1.33. The van der Waals surface area contributed by atoms with Gasteiger partial charge in [0, 0.05) is 24.5 Å². The molecule has 1 saturated heterocycles. The molecule has 4 rings (SSSR count). The highest BCUT2D eigenvalue weighted by atomic mass is 32.1. The topological polar surface area (TPSA) is 92.3 Å². The number of likely N-dealkylation sites (tertiary alicyclic amines) is 1. The lowest BCUT2D eigenvalue weighted by atomic mass is 9.81. The molecule has 3 heterocycles. The SMILES string of the molecule is O=C(CCN1C(=O)C2CCCCC2C1=O)Nc1nc(-c2ccccn2)cs1. The highest BCUT2D eigenvalue weighted by molar-refractivity contribution is 7.14. The Morgan fingerprint density at radius 2 is 1.89 bits per heavy atom. The van der Waals surface area contributed by atoms with Gasteiger partial charge in [-0.3, -0.25) is 24.3 Å². The number of nitrogens with one attached hydrogen (secondary N) is 1. The van der Waals surface area contributed by atoms with E-state index in [4.69, 9.17) is 0 Å². The Hall–Kier alpha value is -2.61. The number of imide groups is 1. The molecule has 0 radical (unpaired) electrons. The van der Waals surface area contributed by atoms with Crippen LogP contribution in [-0.4, -0.2) is 39.1 Å². The van der Waals surface area contributed by atoms with Crippen LogP contribution in [0.1, 0.15) is 32.1 Å². The monoisotopic (exact) mass is 384 g/mol. The summed E-state index contributed by atoms with van der Waals surface area (Å²) in [6.07, 6.45) is 5.33. The van der Waals surface area contributed by atoms with Gasteiger partial charge in [0.1, 0.15) is 5.69 Å². The fraction of sp³-hybridized carbons (Fsp3) is 0.421. The van der Waals surface area contributed by atoms with E-state index in [1.165, 1.54) is 16.2 Å². The number of aromatic nitrogens is 2. The van der Waals surface area contributed by atoms with Crippen molar-refractivity contribution in [1.82, 2.24) is 14.9 Å². The second-order valence-corrected chi connectivity index (χ2v) is 7.73. The van der Waals surface area contributed by atoms with Gasteiger partial charge in [0.2, 0.25) is 17.7 Å². The van der Waals surface area contributed by atoms with Crippen LogP contribution >= 0.6 is 11.3 Å². The zero-order valence-electron chi connectivity index (χ0n) is 14.8. The quantitative estimate of drug-likeness (QED) is 0.800. The molecule has 2 aromatic rings. The molecule has 2 fully saturated rings. The van der Waals surface area contributed by atoms with Crippen LogP contribution in [0.15, 0.2) is 29.8 Å². The maximum atomic E-state index is 12.4. The average Bonchev–Trinajstić information content (AvgIpc) is 3.25. The predicted octanol–water partition coefficient (Wildman–Crippen LogP) is 2.71. The Kier molecular flexibility index (Phi) is 4.98. The smallest absolute Gasteiger partial charge is 0.233 e. The van der Waals surface area contributed by atoms with Gasteiger partial charge in [-0.15, -0.1) is 11.3 Å². The lowest BCUT2D eigenvalue weighted by Gasteiger charge is -2.19. The van der Waals surface area contributed by atoms with Crippen molar-refractivity contribution in [3.63, 3.8) is 0 Å². The van der Waals surface area contributed by atoms with Crippen LogP contribution in [-0.2, 0) is 14.4 Å². The number of anilines is 1. The minimum atomic E-state index is -0.257. The van der Waals surface area contributed by atoms with Crippen LogP contribution < -0.4 is 5.32 Å². The largest absolute Gasteiger partial charge is 0.302 e. The molecule has 1 aliphatic heterocycles. The molecule has 1 N–H and O–H groups in total. The molecule has 2 aromatic heterocycles. The first-order valence-electron chi connectivity index (χ1n) is 9.15. The second-order valence-electron chi connectivity index (χ2n) is 6.88. The van der Waals surface area contributed by atoms with E-state index in [1.54, 1.807) is 6.20 Å². The molecular weight excluding hydrogens is 364 g/mol. The van der Waals surface area contributed by atoms with E-state index in [0.29, 0.717) is 10.8 Å². The summed E-state index contributed by atoms with van der Waals surface area (Å²) in [5, 5.41) is 5.05. The number of pyridine rings is 1. The van der Waals surface area contributed by atoms with E-state index in [0.717, 1.165) is 31.4 Å². The van der Waals surface area contributed by atoms with E-state index in [1.807, 2.05) is 23.6 Å². The Morgan fingerprint density at radius 3 is 2.56 bits per heavy atom. The van der Waals surface area contributed by atoms with Crippen molar-refractivity contribution in [1.29, 1.82) is 0 Å². The van der Waals surface area contributed by atoms with Gasteiger partial charge in [0.25, 0.3) is 0 Å². The maximum Gasteiger partial charge on any atom is 0.233 e. The van der Waals surface area contributed by atoms with Gasteiger partial charge in [-0.1, -0.05) is 18.9 Å². The van der Waals surface area contributed by atoms with Crippen molar-refractivity contribution in [3.05, 3.63) is 29.8 Å². The number of carbonyl (C=O) groups excluding carboxylic acids is 3. The first-order chi connectivity index (χ1) is 13.1. The normalized spacial score (nSPS) is 22.0. The molecule has 2 aliphatic rings. The third-order valence-corrected chi connectivity index (χ3v) is 5.93. The zero-order chi connectivity index (χ0) is 18.8. The molecule has 3 amide bonds. The van der Waals surface area contributed by atoms with E-state index in [-0.39, 0.29) is 42.5 Å². The number of hydrogen-bond donors (Lipinski definition) is 1. The fourth-order valence-corrected chi connectivity index (χ4v) is 4.53. The summed E-state index contributed by atoms with van der Waals surface area (Å²) in [7, 11) is 0. The number of thiazole rings is 1. The summed E-state index contributed by atoms with van der Waals surface area (Å²) in [6, 6.07) is 5.56. The van der Waals surface area contributed by atoms with E-state index in [2.05, 4.69) is 15.3 Å². The Morgan fingerprint density at radius 1 is 1.15 bits per heavy atom. The summed E-state index contributed by atoms with van der Waals surface area (Å²) in [5.41, 5.74) is 1.44. The number of nitrogens with zero attached hydrogens (tertiary/aromatic N) is 3. The predicted molar refractivity (Wildman–Crippen MR) is 101 cm³/mol. The summed E-state index contributed by atoms with van der Waals surface area (Å²) >= 11 is 1.32. The van der Waals surface area contributed by atoms with Gasteiger partial charge in [0.15, 0.2) is 5.13 Å². The molecule has 140 valence electrons. The highest BCUT2D eigenvalue weighted by Crippen LogP contribution is 2.38. The highest BCUT2D eigenvalue weighted by Gasteiger charge is 2.47. The first-order valence-corrected chi connectivity index (χ1v) is 10.0. The Bertz CT molecular complexity index is 843. The van der Waals surface area contributed by atoms with E-state index < -0.39 is 0 Å². The van der Waals surface area contributed by atoms with Crippen molar-refractivity contribution in [2.75, 3.05) is 11.9 Å². The summed E-state index contributed by atoms with van der Waals surface area (Å²) in [4.78, 5) is 47.0. The van der Waals surface area contributed by atoms with Gasteiger partial charge >= 0.3 is 0 Å². The third kappa shape index (κ3) is 3.62. The standard InChI is InChI=1S/C19H20N4O3S/c24-16(22-19-21-15(11-27-19)14-7-3-4-9-20-14)8-10-23-17(25)12-5-1-2-6-13(12)18(23)26/h3-4,7,9,11-13H,1-2,5-6,8,10H2,(H,21,22,24). The maximum absolute atomic E-state index is 12.4. The molecule has 0 bridgehead atoms. The van der Waals surface area contributed by atoms with Crippen molar-refractivity contribution >= 4 is 34.2 Å². The second kappa shape index (κ2) is 7.56. The first kappa shape index (κ1) is 17.8. The molecule has 2 atom stereocenters. The third-order valence-electron chi connectivity index (χ3n) is 5.17. The van der Waals surface area contributed by atoms with Crippen LogP contribution in [0, 0.1) is 11.8 Å². The lowest BCUT2D eigenvalue weighted by Crippen LogP contribution is -2.34. The number of rotatable bonds is 5. The molecule has 0 aromatic carbocycles. The van der Waals surface area contributed by atoms with Gasteiger partial charge in [-0.25, -0.2) is 4.98 Å². The minimum absolute atomic E-state index is 0.0788. The molecule has 27 heavy (non-hydrogen) atoms. The van der Waals surface area contributed by atoms with Gasteiger partial charge in [-0.2, -0.15) is 0 Å². The minimum Gasteiger partial charge on any atom is -0.302 e. The van der Waals surface area contributed by atoms with Gasteiger partial charge in [0.05, 0.1) is 17.5 Å². The van der Waals surface area contributed by atoms with Crippen molar-refractivity contribution < 1.29 is 14.4 Å². The van der Waals surface area contributed by atoms with Crippen molar-refractivity contribution in [2.24, 2.45) is 11.8 Å². The molecule has 2 unspecified atom stereocenters. The van der Waals surface area contributed by atoms with Crippen molar-refractivity contribution in [3.8, 4) is 11.4 Å². The molecule has 8 heteroatoms. The van der Waals surface area contributed by atoms with E-state index >= 15 is 0 Å². The van der Waals surface area contributed by atoms with Crippen molar-refractivity contribution in [2.45, 2.75) is 32.1 Å². The number of carbonyl (C=O) groups is 3. The van der Waals surface area contributed by atoms with Gasteiger partial charge in [-0.05, 0) is 25.0 Å². The summed E-state index contributed by atoms with van der Waals surface area (Å²) in [5.74, 6) is -0.816. The number of amides is 3. The fourth-order valence-electron chi connectivity index (χ4n) is 3.81. The van der Waals surface area contributed by atoms with Crippen LogP contribution in [0.3, 0.4) is 0 Å². The number of fused-ring (bicyclic) bond motifs is 1.